The minimum atomic E-state index is 0.632. The largest absolute Gasteiger partial charge is 0.319 e. The van der Waals surface area contributed by atoms with E-state index in [1.807, 2.05) is 13.1 Å². The van der Waals surface area contributed by atoms with E-state index in [9.17, 15) is 0 Å². The van der Waals surface area contributed by atoms with Crippen molar-refractivity contribution in [2.24, 2.45) is 5.92 Å². The second-order valence-electron chi connectivity index (χ2n) is 3.19. The van der Waals surface area contributed by atoms with E-state index in [2.05, 4.69) is 31.8 Å². The van der Waals surface area contributed by atoms with Crippen molar-refractivity contribution in [2.75, 3.05) is 13.6 Å². The van der Waals surface area contributed by atoms with Gasteiger partial charge in [-0.15, -0.1) is 0 Å². The zero-order valence-corrected chi connectivity index (χ0v) is 8.56. The topological polar surface area (TPSA) is 12.0 Å². The van der Waals surface area contributed by atoms with Gasteiger partial charge in [-0.2, -0.15) is 0 Å². The lowest BCUT2D eigenvalue weighted by Gasteiger charge is -2.14. The SMILES string of the molecule is C=C/C=C(/CCC)C(C)CNC. The third kappa shape index (κ3) is 4.35. The normalized spacial score (nSPS) is 14.4. The van der Waals surface area contributed by atoms with Crippen LogP contribution < -0.4 is 5.32 Å². The predicted molar refractivity (Wildman–Crippen MR) is 56.3 cm³/mol. The van der Waals surface area contributed by atoms with E-state index in [0.29, 0.717) is 5.92 Å². The molecule has 0 aromatic rings. The molecule has 1 N–H and O–H groups in total. The van der Waals surface area contributed by atoms with Crippen LogP contribution in [0.25, 0.3) is 0 Å². The first-order chi connectivity index (χ1) is 5.76. The molecule has 0 rings (SSSR count). The average molecular weight is 167 g/mol. The van der Waals surface area contributed by atoms with Crippen LogP contribution in [0.2, 0.25) is 0 Å². The molecule has 1 atom stereocenters. The fourth-order valence-corrected chi connectivity index (χ4v) is 1.37. The summed E-state index contributed by atoms with van der Waals surface area (Å²) in [4.78, 5) is 0. The summed E-state index contributed by atoms with van der Waals surface area (Å²) in [6.45, 7) is 9.25. The minimum Gasteiger partial charge on any atom is -0.319 e. The summed E-state index contributed by atoms with van der Waals surface area (Å²) in [6, 6.07) is 0. The molecule has 1 heteroatoms. The van der Waals surface area contributed by atoms with Gasteiger partial charge in [0.25, 0.3) is 0 Å². The van der Waals surface area contributed by atoms with E-state index in [0.717, 1.165) is 6.54 Å². The maximum Gasteiger partial charge on any atom is 0.00113 e. The summed E-state index contributed by atoms with van der Waals surface area (Å²) >= 11 is 0. The first-order valence-corrected chi connectivity index (χ1v) is 4.72. The smallest absolute Gasteiger partial charge is 0.00113 e. The highest BCUT2D eigenvalue weighted by atomic mass is 14.8. The Bertz CT molecular complexity index is 147. The molecule has 1 nitrogen and oxygen atoms in total. The Morgan fingerprint density at radius 2 is 2.25 bits per heavy atom. The highest BCUT2D eigenvalue weighted by Gasteiger charge is 2.05. The van der Waals surface area contributed by atoms with Crippen molar-refractivity contribution in [2.45, 2.75) is 26.7 Å². The fourth-order valence-electron chi connectivity index (χ4n) is 1.37. The summed E-state index contributed by atoms with van der Waals surface area (Å²) in [5.41, 5.74) is 1.50. The van der Waals surface area contributed by atoms with E-state index in [1.165, 1.54) is 18.4 Å². The van der Waals surface area contributed by atoms with Crippen LogP contribution >= 0.6 is 0 Å². The molecule has 0 bridgehead atoms. The van der Waals surface area contributed by atoms with Crippen molar-refractivity contribution >= 4 is 0 Å². The van der Waals surface area contributed by atoms with Gasteiger partial charge in [-0.3, -0.25) is 0 Å². The van der Waals surface area contributed by atoms with Gasteiger partial charge in [-0.1, -0.05) is 44.6 Å². The minimum absolute atomic E-state index is 0.632. The Balaban J connectivity index is 4.08. The van der Waals surface area contributed by atoms with E-state index in [4.69, 9.17) is 0 Å². The second-order valence-corrected chi connectivity index (χ2v) is 3.19. The van der Waals surface area contributed by atoms with E-state index < -0.39 is 0 Å². The molecule has 0 aliphatic heterocycles. The summed E-state index contributed by atoms with van der Waals surface area (Å²) in [5, 5.41) is 3.19. The Labute approximate surface area is 76.6 Å². The van der Waals surface area contributed by atoms with Crippen LogP contribution in [0.4, 0.5) is 0 Å². The lowest BCUT2D eigenvalue weighted by atomic mass is 9.96. The van der Waals surface area contributed by atoms with Crippen molar-refractivity contribution in [3.8, 4) is 0 Å². The van der Waals surface area contributed by atoms with Crippen LogP contribution in [0, 0.1) is 5.92 Å². The van der Waals surface area contributed by atoms with E-state index >= 15 is 0 Å². The van der Waals surface area contributed by atoms with Crippen molar-refractivity contribution in [1.82, 2.24) is 5.32 Å². The first kappa shape index (κ1) is 11.4. The molecule has 0 spiro atoms. The number of allylic oxidation sites excluding steroid dienone is 2. The summed E-state index contributed by atoms with van der Waals surface area (Å²) < 4.78 is 0. The maximum absolute atomic E-state index is 3.73. The van der Waals surface area contributed by atoms with Crippen LogP contribution in [-0.4, -0.2) is 13.6 Å². The standard InChI is InChI=1S/C11H21N/c1-5-7-11(8-6-2)10(3)9-12-4/h5,7,10,12H,1,6,8-9H2,2-4H3/b11-7-. The molecular formula is C11H21N. The second kappa shape index (κ2) is 7.11. The van der Waals surface area contributed by atoms with Crippen molar-refractivity contribution in [3.63, 3.8) is 0 Å². The van der Waals surface area contributed by atoms with Crippen LogP contribution in [0.3, 0.4) is 0 Å². The van der Waals surface area contributed by atoms with Crippen LogP contribution in [0.5, 0.6) is 0 Å². The molecule has 0 aliphatic carbocycles. The number of hydrogen-bond donors (Lipinski definition) is 1. The molecule has 0 saturated heterocycles. The van der Waals surface area contributed by atoms with Crippen LogP contribution in [0.1, 0.15) is 26.7 Å². The number of hydrogen-bond acceptors (Lipinski definition) is 1. The van der Waals surface area contributed by atoms with Crippen molar-refractivity contribution < 1.29 is 0 Å². The van der Waals surface area contributed by atoms with E-state index in [1.54, 1.807) is 0 Å². The third-order valence-corrected chi connectivity index (χ3v) is 2.01. The predicted octanol–water partition coefficient (Wildman–Crippen LogP) is 2.75. The Hall–Kier alpha value is -0.560. The first-order valence-electron chi connectivity index (χ1n) is 4.72. The fraction of sp³-hybridized carbons (Fsp3) is 0.636. The number of rotatable bonds is 6. The van der Waals surface area contributed by atoms with Gasteiger partial charge in [0.1, 0.15) is 0 Å². The molecule has 0 radical (unpaired) electrons. The maximum atomic E-state index is 3.73. The van der Waals surface area contributed by atoms with Crippen molar-refractivity contribution in [1.29, 1.82) is 0 Å². The molecular weight excluding hydrogens is 146 g/mol. The van der Waals surface area contributed by atoms with Crippen LogP contribution in [-0.2, 0) is 0 Å². The molecule has 0 saturated carbocycles. The van der Waals surface area contributed by atoms with Gasteiger partial charge in [0.2, 0.25) is 0 Å². The summed E-state index contributed by atoms with van der Waals surface area (Å²) in [5.74, 6) is 0.632. The highest BCUT2D eigenvalue weighted by molar-refractivity contribution is 5.13. The van der Waals surface area contributed by atoms with Gasteiger partial charge in [0, 0.05) is 6.54 Å². The monoisotopic (exact) mass is 167 g/mol. The third-order valence-electron chi connectivity index (χ3n) is 2.01. The average Bonchev–Trinajstić information content (AvgIpc) is 2.04. The summed E-state index contributed by atoms with van der Waals surface area (Å²) in [6.07, 6.45) is 6.44. The molecule has 70 valence electrons. The van der Waals surface area contributed by atoms with Gasteiger partial charge in [0.15, 0.2) is 0 Å². The van der Waals surface area contributed by atoms with Gasteiger partial charge < -0.3 is 5.32 Å². The molecule has 0 fully saturated rings. The molecule has 0 aromatic carbocycles. The van der Waals surface area contributed by atoms with E-state index in [-0.39, 0.29) is 0 Å². The zero-order chi connectivity index (χ0) is 9.40. The van der Waals surface area contributed by atoms with Gasteiger partial charge in [-0.05, 0) is 19.4 Å². The molecule has 0 aromatic heterocycles. The Kier molecular flexibility index (Phi) is 6.78. The van der Waals surface area contributed by atoms with Gasteiger partial charge >= 0.3 is 0 Å². The van der Waals surface area contributed by atoms with Gasteiger partial charge in [0.05, 0.1) is 0 Å². The Morgan fingerprint density at radius 1 is 1.58 bits per heavy atom. The molecule has 0 heterocycles. The lowest BCUT2D eigenvalue weighted by Crippen LogP contribution is -2.17. The van der Waals surface area contributed by atoms with Crippen molar-refractivity contribution in [3.05, 3.63) is 24.3 Å². The van der Waals surface area contributed by atoms with Crippen LogP contribution in [0.15, 0.2) is 24.3 Å². The van der Waals surface area contributed by atoms with Gasteiger partial charge in [-0.25, -0.2) is 0 Å². The quantitative estimate of drug-likeness (QED) is 0.600. The lowest BCUT2D eigenvalue weighted by molar-refractivity contribution is 0.592. The Morgan fingerprint density at radius 3 is 2.67 bits per heavy atom. The molecule has 0 aliphatic rings. The molecule has 1 unspecified atom stereocenters. The highest BCUT2D eigenvalue weighted by Crippen LogP contribution is 2.15. The molecule has 0 amide bonds. The summed E-state index contributed by atoms with van der Waals surface area (Å²) in [7, 11) is 1.99. The number of nitrogens with one attached hydrogen (secondary N) is 1. The molecule has 12 heavy (non-hydrogen) atoms. The zero-order valence-electron chi connectivity index (χ0n) is 8.56.